The van der Waals surface area contributed by atoms with Crippen LogP contribution in [-0.2, 0) is 11.3 Å². The van der Waals surface area contributed by atoms with Gasteiger partial charge in [0.2, 0.25) is 5.91 Å². The zero-order valence-corrected chi connectivity index (χ0v) is 8.93. The van der Waals surface area contributed by atoms with Gasteiger partial charge in [-0.3, -0.25) is 9.59 Å². The van der Waals surface area contributed by atoms with Gasteiger partial charge in [-0.2, -0.15) is 0 Å². The second-order valence-electron chi connectivity index (χ2n) is 3.79. The van der Waals surface area contributed by atoms with Crippen LogP contribution in [0.25, 0.3) is 0 Å². The molecule has 1 N–H and O–H groups in total. The molecular formula is C10H15N3O2. The summed E-state index contributed by atoms with van der Waals surface area (Å²) in [6.45, 7) is 4.92. The summed E-state index contributed by atoms with van der Waals surface area (Å²) >= 11 is 0. The van der Waals surface area contributed by atoms with Crippen LogP contribution in [0.2, 0.25) is 0 Å². The number of hydrogen-bond acceptors (Lipinski definition) is 3. The van der Waals surface area contributed by atoms with E-state index in [0.717, 1.165) is 0 Å². The highest BCUT2D eigenvalue weighted by Gasteiger charge is 2.04. The van der Waals surface area contributed by atoms with Crippen molar-refractivity contribution >= 4 is 12.2 Å². The number of aromatic nitrogens is 2. The third kappa shape index (κ3) is 3.93. The summed E-state index contributed by atoms with van der Waals surface area (Å²) in [5.41, 5.74) is 0.339. The minimum Gasteiger partial charge on any atom is -0.354 e. The van der Waals surface area contributed by atoms with Crippen molar-refractivity contribution in [3.8, 4) is 0 Å². The molecule has 82 valence electrons. The highest BCUT2D eigenvalue weighted by molar-refractivity contribution is 5.76. The predicted molar refractivity (Wildman–Crippen MR) is 55.5 cm³/mol. The van der Waals surface area contributed by atoms with Gasteiger partial charge in [0, 0.05) is 12.7 Å². The molecule has 0 unspecified atom stereocenters. The van der Waals surface area contributed by atoms with E-state index in [4.69, 9.17) is 0 Å². The largest absolute Gasteiger partial charge is 0.354 e. The Labute approximate surface area is 88.5 Å². The quantitative estimate of drug-likeness (QED) is 0.717. The number of aldehydes is 1. The van der Waals surface area contributed by atoms with Gasteiger partial charge in [-0.05, 0) is 5.92 Å². The predicted octanol–water partition coefficient (Wildman–Crippen LogP) is 0.468. The van der Waals surface area contributed by atoms with Crippen molar-refractivity contribution in [2.24, 2.45) is 5.92 Å². The molecule has 0 spiro atoms. The van der Waals surface area contributed by atoms with Gasteiger partial charge in [0.05, 0.1) is 6.33 Å². The second-order valence-corrected chi connectivity index (χ2v) is 3.79. The van der Waals surface area contributed by atoms with Gasteiger partial charge in [0.15, 0.2) is 6.29 Å². The molecule has 5 nitrogen and oxygen atoms in total. The first-order valence-electron chi connectivity index (χ1n) is 4.85. The summed E-state index contributed by atoms with van der Waals surface area (Å²) in [7, 11) is 0. The van der Waals surface area contributed by atoms with Crippen LogP contribution in [0.15, 0.2) is 12.5 Å². The fourth-order valence-corrected chi connectivity index (χ4v) is 1.06. The summed E-state index contributed by atoms with van der Waals surface area (Å²) in [4.78, 5) is 25.5. The minimum atomic E-state index is -0.0708. The van der Waals surface area contributed by atoms with Crippen molar-refractivity contribution in [2.75, 3.05) is 6.54 Å². The van der Waals surface area contributed by atoms with E-state index in [1.165, 1.54) is 6.33 Å². The number of imidazole rings is 1. The lowest BCUT2D eigenvalue weighted by molar-refractivity contribution is -0.121. The van der Waals surface area contributed by atoms with Gasteiger partial charge in [-0.15, -0.1) is 0 Å². The molecule has 1 aromatic rings. The Morgan fingerprint density at radius 3 is 2.93 bits per heavy atom. The zero-order chi connectivity index (χ0) is 11.3. The van der Waals surface area contributed by atoms with E-state index < -0.39 is 0 Å². The van der Waals surface area contributed by atoms with Crippen LogP contribution in [0, 0.1) is 5.92 Å². The van der Waals surface area contributed by atoms with Crippen LogP contribution in [0.4, 0.5) is 0 Å². The molecule has 1 aromatic heterocycles. The topological polar surface area (TPSA) is 64.0 Å². The van der Waals surface area contributed by atoms with Gasteiger partial charge < -0.3 is 9.88 Å². The van der Waals surface area contributed by atoms with Crippen LogP contribution in [0.1, 0.15) is 24.3 Å². The number of nitrogens with one attached hydrogen (secondary N) is 1. The molecule has 0 atom stereocenters. The lowest BCUT2D eigenvalue weighted by Crippen LogP contribution is -2.30. The summed E-state index contributed by atoms with van der Waals surface area (Å²) in [5, 5.41) is 2.78. The fraction of sp³-hybridized carbons (Fsp3) is 0.500. The molecule has 0 radical (unpaired) electrons. The van der Waals surface area contributed by atoms with E-state index in [-0.39, 0.29) is 12.5 Å². The van der Waals surface area contributed by atoms with Gasteiger partial charge in [0.25, 0.3) is 0 Å². The molecule has 1 rings (SSSR count). The van der Waals surface area contributed by atoms with Crippen molar-refractivity contribution in [3.63, 3.8) is 0 Å². The highest BCUT2D eigenvalue weighted by atomic mass is 16.2. The standard InChI is InChI=1S/C10H15N3O2/c1-8(2)3-11-10(15)5-13-4-9(6-14)12-7-13/h4,6-8H,3,5H2,1-2H3,(H,11,15). The maximum atomic E-state index is 11.4. The maximum absolute atomic E-state index is 11.4. The molecule has 5 heteroatoms. The SMILES string of the molecule is CC(C)CNC(=O)Cn1cnc(C=O)c1. The molecule has 0 aromatic carbocycles. The van der Waals surface area contributed by atoms with Crippen LogP contribution in [0.3, 0.4) is 0 Å². The van der Waals surface area contributed by atoms with E-state index >= 15 is 0 Å². The van der Waals surface area contributed by atoms with E-state index in [9.17, 15) is 9.59 Å². The molecule has 1 heterocycles. The fourth-order valence-electron chi connectivity index (χ4n) is 1.06. The molecule has 0 saturated carbocycles. The van der Waals surface area contributed by atoms with Gasteiger partial charge in [-0.25, -0.2) is 4.98 Å². The summed E-state index contributed by atoms with van der Waals surface area (Å²) < 4.78 is 1.58. The number of amides is 1. The molecule has 0 saturated heterocycles. The van der Waals surface area contributed by atoms with E-state index in [1.54, 1.807) is 10.8 Å². The molecular weight excluding hydrogens is 194 g/mol. The Kier molecular flexibility index (Phi) is 4.03. The average Bonchev–Trinajstić information content (AvgIpc) is 2.62. The maximum Gasteiger partial charge on any atom is 0.239 e. The molecule has 0 aliphatic carbocycles. The van der Waals surface area contributed by atoms with Crippen molar-refractivity contribution in [1.82, 2.24) is 14.9 Å². The third-order valence-electron chi connectivity index (χ3n) is 1.81. The Balaban J connectivity index is 2.40. The number of carbonyl (C=O) groups is 2. The summed E-state index contributed by atoms with van der Waals surface area (Å²) in [6.07, 6.45) is 3.67. The zero-order valence-electron chi connectivity index (χ0n) is 8.93. The normalized spacial score (nSPS) is 10.3. The number of rotatable bonds is 5. The third-order valence-corrected chi connectivity index (χ3v) is 1.81. The Morgan fingerprint density at radius 1 is 1.67 bits per heavy atom. The van der Waals surface area contributed by atoms with Gasteiger partial charge >= 0.3 is 0 Å². The molecule has 0 aliphatic heterocycles. The number of nitrogens with zero attached hydrogens (tertiary/aromatic N) is 2. The first-order valence-corrected chi connectivity index (χ1v) is 4.85. The minimum absolute atomic E-state index is 0.0708. The molecule has 1 amide bonds. The Morgan fingerprint density at radius 2 is 2.40 bits per heavy atom. The monoisotopic (exact) mass is 209 g/mol. The van der Waals surface area contributed by atoms with Crippen molar-refractivity contribution in [3.05, 3.63) is 18.2 Å². The van der Waals surface area contributed by atoms with E-state index in [2.05, 4.69) is 10.3 Å². The lowest BCUT2D eigenvalue weighted by Gasteiger charge is -2.07. The Hall–Kier alpha value is -1.65. The van der Waals surface area contributed by atoms with Crippen LogP contribution < -0.4 is 5.32 Å². The number of carbonyl (C=O) groups excluding carboxylic acids is 2. The highest BCUT2D eigenvalue weighted by Crippen LogP contribution is 1.93. The number of hydrogen-bond donors (Lipinski definition) is 1. The smallest absolute Gasteiger partial charge is 0.239 e. The van der Waals surface area contributed by atoms with Crippen LogP contribution in [0.5, 0.6) is 0 Å². The second kappa shape index (κ2) is 5.29. The molecule has 0 aliphatic rings. The molecule has 15 heavy (non-hydrogen) atoms. The van der Waals surface area contributed by atoms with Gasteiger partial charge in [0.1, 0.15) is 12.2 Å². The van der Waals surface area contributed by atoms with Crippen molar-refractivity contribution in [2.45, 2.75) is 20.4 Å². The molecule has 0 bridgehead atoms. The summed E-state index contributed by atoms with van der Waals surface area (Å²) in [5.74, 6) is 0.362. The average molecular weight is 209 g/mol. The first kappa shape index (κ1) is 11.4. The van der Waals surface area contributed by atoms with Crippen molar-refractivity contribution < 1.29 is 9.59 Å². The van der Waals surface area contributed by atoms with Crippen molar-refractivity contribution in [1.29, 1.82) is 0 Å². The first-order chi connectivity index (χ1) is 7.11. The summed E-state index contributed by atoms with van der Waals surface area (Å²) in [6, 6.07) is 0. The lowest BCUT2D eigenvalue weighted by atomic mass is 10.2. The van der Waals surface area contributed by atoms with Crippen LogP contribution >= 0.6 is 0 Å². The van der Waals surface area contributed by atoms with E-state index in [1.807, 2.05) is 13.8 Å². The Bertz CT molecular complexity index is 344. The van der Waals surface area contributed by atoms with Gasteiger partial charge in [-0.1, -0.05) is 13.8 Å². The van der Waals surface area contributed by atoms with E-state index in [0.29, 0.717) is 24.4 Å². The van der Waals surface area contributed by atoms with Crippen LogP contribution in [-0.4, -0.2) is 28.3 Å². The molecule has 0 fully saturated rings.